The van der Waals surface area contributed by atoms with Crippen molar-refractivity contribution in [2.75, 3.05) is 23.9 Å². The van der Waals surface area contributed by atoms with Gasteiger partial charge in [0.1, 0.15) is 39.3 Å². The standard InChI is InChI=1S/C28H27N5O3S2/c1-38(34,35)14-13-29-17-27-30-16-26(37-27)21-7-12-25-24(15-21)28(32-19-31-25)33-22-8-10-23(11-9-22)36-18-20-5-3-2-4-6-20/h2-12,15-16,19,29H,13-14,17-18H2,1H3,(H,31,32,33). The number of sulfone groups is 1. The summed E-state index contributed by atoms with van der Waals surface area (Å²) >= 11 is 1.57. The Morgan fingerprint density at radius 2 is 1.76 bits per heavy atom. The minimum absolute atomic E-state index is 0.106. The van der Waals surface area contributed by atoms with E-state index in [1.165, 1.54) is 6.26 Å². The van der Waals surface area contributed by atoms with E-state index in [1.807, 2.05) is 72.9 Å². The fourth-order valence-electron chi connectivity index (χ4n) is 3.80. The summed E-state index contributed by atoms with van der Waals surface area (Å²) in [6.45, 7) is 1.44. The minimum Gasteiger partial charge on any atom is -0.489 e. The Morgan fingerprint density at radius 1 is 0.947 bits per heavy atom. The number of aromatic nitrogens is 3. The third-order valence-corrected chi connectivity index (χ3v) is 7.76. The van der Waals surface area contributed by atoms with E-state index in [1.54, 1.807) is 17.7 Å². The monoisotopic (exact) mass is 545 g/mol. The molecule has 0 radical (unpaired) electrons. The number of hydrogen-bond acceptors (Lipinski definition) is 9. The first kappa shape index (κ1) is 25.8. The van der Waals surface area contributed by atoms with Crippen molar-refractivity contribution in [1.29, 1.82) is 0 Å². The second kappa shape index (κ2) is 11.7. The predicted molar refractivity (Wildman–Crippen MR) is 153 cm³/mol. The lowest BCUT2D eigenvalue weighted by molar-refractivity contribution is 0.306. The summed E-state index contributed by atoms with van der Waals surface area (Å²) in [7, 11) is -2.98. The van der Waals surface area contributed by atoms with Crippen LogP contribution >= 0.6 is 11.3 Å². The van der Waals surface area contributed by atoms with Gasteiger partial charge in [0.2, 0.25) is 0 Å². The van der Waals surface area contributed by atoms with Gasteiger partial charge >= 0.3 is 0 Å². The summed E-state index contributed by atoms with van der Waals surface area (Å²) in [6.07, 6.45) is 4.62. The molecule has 0 unspecified atom stereocenters. The van der Waals surface area contributed by atoms with Crippen molar-refractivity contribution < 1.29 is 13.2 Å². The van der Waals surface area contributed by atoms with E-state index in [2.05, 4.69) is 31.7 Å². The summed E-state index contributed by atoms with van der Waals surface area (Å²) in [5, 5.41) is 8.33. The fourth-order valence-corrected chi connectivity index (χ4v) is 5.20. The van der Waals surface area contributed by atoms with Gasteiger partial charge in [-0.25, -0.2) is 23.4 Å². The first-order valence-corrected chi connectivity index (χ1v) is 14.9. The summed E-state index contributed by atoms with van der Waals surface area (Å²) in [5.41, 5.74) is 3.86. The van der Waals surface area contributed by atoms with Crippen LogP contribution in [0.1, 0.15) is 10.6 Å². The van der Waals surface area contributed by atoms with Crippen LogP contribution < -0.4 is 15.4 Å². The molecule has 0 saturated carbocycles. The smallest absolute Gasteiger partial charge is 0.148 e. The molecule has 0 fully saturated rings. The average molecular weight is 546 g/mol. The lowest BCUT2D eigenvalue weighted by atomic mass is 10.1. The number of fused-ring (bicyclic) bond motifs is 1. The molecule has 8 nitrogen and oxygen atoms in total. The van der Waals surface area contributed by atoms with Gasteiger partial charge in [-0.15, -0.1) is 11.3 Å². The van der Waals surface area contributed by atoms with E-state index in [-0.39, 0.29) is 5.75 Å². The molecule has 5 rings (SSSR count). The second-order valence-electron chi connectivity index (χ2n) is 8.80. The molecule has 0 aliphatic rings. The normalized spacial score (nSPS) is 11.5. The Morgan fingerprint density at radius 3 is 2.55 bits per heavy atom. The summed E-state index contributed by atoms with van der Waals surface area (Å²) < 4.78 is 28.5. The van der Waals surface area contributed by atoms with Gasteiger partial charge in [-0.2, -0.15) is 0 Å². The Bertz CT molecular complexity index is 1620. The fraction of sp³-hybridized carbons (Fsp3) is 0.179. The highest BCUT2D eigenvalue weighted by Gasteiger charge is 2.10. The van der Waals surface area contributed by atoms with Crippen molar-refractivity contribution in [2.24, 2.45) is 0 Å². The summed E-state index contributed by atoms with van der Waals surface area (Å²) in [5.74, 6) is 1.61. The Balaban J connectivity index is 1.27. The second-order valence-corrected chi connectivity index (χ2v) is 12.2. The van der Waals surface area contributed by atoms with E-state index in [0.29, 0.717) is 25.5 Å². The molecule has 3 aromatic carbocycles. The van der Waals surface area contributed by atoms with Crippen molar-refractivity contribution in [2.45, 2.75) is 13.2 Å². The number of thiazole rings is 1. The number of rotatable bonds is 11. The molecule has 0 amide bonds. The average Bonchev–Trinajstić information content (AvgIpc) is 3.40. The van der Waals surface area contributed by atoms with Gasteiger partial charge < -0.3 is 15.4 Å². The van der Waals surface area contributed by atoms with Crippen LogP contribution in [0.4, 0.5) is 11.5 Å². The maximum Gasteiger partial charge on any atom is 0.148 e. The highest BCUT2D eigenvalue weighted by Crippen LogP contribution is 2.31. The molecule has 10 heteroatoms. The van der Waals surface area contributed by atoms with Crippen LogP contribution in [0.15, 0.2) is 85.3 Å². The molecule has 2 N–H and O–H groups in total. The van der Waals surface area contributed by atoms with Crippen LogP contribution in [0.5, 0.6) is 5.75 Å². The van der Waals surface area contributed by atoms with Gasteiger partial charge in [0.15, 0.2) is 0 Å². The first-order chi connectivity index (χ1) is 18.4. The predicted octanol–water partition coefficient (Wildman–Crippen LogP) is 5.21. The topological polar surface area (TPSA) is 106 Å². The largest absolute Gasteiger partial charge is 0.489 e. The first-order valence-electron chi connectivity index (χ1n) is 12.0. The number of nitrogens with one attached hydrogen (secondary N) is 2. The van der Waals surface area contributed by atoms with Gasteiger partial charge in [-0.05, 0) is 47.5 Å². The highest BCUT2D eigenvalue weighted by molar-refractivity contribution is 7.90. The van der Waals surface area contributed by atoms with E-state index in [0.717, 1.165) is 43.4 Å². The Labute approximate surface area is 225 Å². The van der Waals surface area contributed by atoms with Gasteiger partial charge in [0.25, 0.3) is 0 Å². The zero-order valence-electron chi connectivity index (χ0n) is 20.8. The zero-order valence-corrected chi connectivity index (χ0v) is 22.4. The number of nitrogens with zero attached hydrogens (tertiary/aromatic N) is 3. The third kappa shape index (κ3) is 6.91. The molecular formula is C28H27N5O3S2. The van der Waals surface area contributed by atoms with Crippen molar-refractivity contribution in [1.82, 2.24) is 20.3 Å². The zero-order chi connectivity index (χ0) is 26.4. The van der Waals surface area contributed by atoms with Crippen molar-refractivity contribution in [3.63, 3.8) is 0 Å². The molecule has 0 aliphatic heterocycles. The van der Waals surface area contributed by atoms with Crippen molar-refractivity contribution in [3.05, 3.63) is 95.9 Å². The lowest BCUT2D eigenvalue weighted by Crippen LogP contribution is -2.21. The molecule has 0 spiro atoms. The molecule has 194 valence electrons. The van der Waals surface area contributed by atoms with Gasteiger partial charge in [0, 0.05) is 36.6 Å². The summed E-state index contributed by atoms with van der Waals surface area (Å²) in [6, 6.07) is 23.9. The molecular weight excluding hydrogens is 518 g/mol. The minimum atomic E-state index is -2.98. The molecule has 0 aliphatic carbocycles. The molecule has 0 atom stereocenters. The van der Waals surface area contributed by atoms with Crippen LogP contribution in [0.3, 0.4) is 0 Å². The number of anilines is 2. The quantitative estimate of drug-likeness (QED) is 0.218. The van der Waals surface area contributed by atoms with Gasteiger partial charge in [-0.3, -0.25) is 0 Å². The van der Waals surface area contributed by atoms with Crippen LogP contribution in [0, 0.1) is 0 Å². The number of benzene rings is 3. The van der Waals surface area contributed by atoms with Crippen molar-refractivity contribution in [3.8, 4) is 16.2 Å². The highest BCUT2D eigenvalue weighted by atomic mass is 32.2. The van der Waals surface area contributed by atoms with Crippen LogP contribution in [-0.4, -0.2) is 41.9 Å². The molecule has 5 aromatic rings. The van der Waals surface area contributed by atoms with Gasteiger partial charge in [0.05, 0.1) is 16.1 Å². The maximum atomic E-state index is 11.3. The molecule has 2 aromatic heterocycles. The van der Waals surface area contributed by atoms with Crippen molar-refractivity contribution >= 4 is 43.6 Å². The van der Waals surface area contributed by atoms with Crippen LogP contribution in [0.2, 0.25) is 0 Å². The SMILES string of the molecule is CS(=O)(=O)CCNCc1ncc(-c2ccc3ncnc(Nc4ccc(OCc5ccccc5)cc4)c3c2)s1. The van der Waals surface area contributed by atoms with E-state index >= 15 is 0 Å². The van der Waals surface area contributed by atoms with Crippen LogP contribution in [-0.2, 0) is 23.0 Å². The Kier molecular flexibility index (Phi) is 7.92. The molecule has 38 heavy (non-hydrogen) atoms. The van der Waals surface area contributed by atoms with E-state index in [4.69, 9.17) is 4.74 Å². The lowest BCUT2D eigenvalue weighted by Gasteiger charge is -2.11. The number of ether oxygens (including phenoxy) is 1. The maximum absolute atomic E-state index is 11.3. The molecule has 2 heterocycles. The van der Waals surface area contributed by atoms with E-state index < -0.39 is 9.84 Å². The Hall–Kier alpha value is -3.86. The van der Waals surface area contributed by atoms with Crippen LogP contribution in [0.25, 0.3) is 21.3 Å². The molecule has 0 saturated heterocycles. The van der Waals surface area contributed by atoms with Gasteiger partial charge in [-0.1, -0.05) is 36.4 Å². The van der Waals surface area contributed by atoms with E-state index in [9.17, 15) is 8.42 Å². The summed E-state index contributed by atoms with van der Waals surface area (Å²) in [4.78, 5) is 14.4. The third-order valence-electron chi connectivity index (χ3n) is 5.76. The number of hydrogen-bond donors (Lipinski definition) is 2. The molecule has 0 bridgehead atoms.